The van der Waals surface area contributed by atoms with Gasteiger partial charge in [-0.05, 0) is 61.2 Å². The molecule has 3 aromatic rings. The number of amides is 2. The second-order valence-electron chi connectivity index (χ2n) is 9.33. The highest BCUT2D eigenvalue weighted by molar-refractivity contribution is 7.99. The molecule has 1 N–H and O–H groups in total. The van der Waals surface area contributed by atoms with Crippen LogP contribution in [0, 0.1) is 0 Å². The van der Waals surface area contributed by atoms with Gasteiger partial charge in [-0.15, -0.1) is 0 Å². The molecule has 0 saturated carbocycles. The van der Waals surface area contributed by atoms with Crippen LogP contribution in [-0.4, -0.2) is 25.1 Å². The summed E-state index contributed by atoms with van der Waals surface area (Å²) >= 11 is 1.59. The highest BCUT2D eigenvalue weighted by Gasteiger charge is 2.16. The average molecular weight is 533 g/mol. The Balaban J connectivity index is 1.68. The third kappa shape index (κ3) is 10.3. The number of anilines is 1. The van der Waals surface area contributed by atoms with Gasteiger partial charge in [-0.3, -0.25) is 9.69 Å². The van der Waals surface area contributed by atoms with E-state index in [0.717, 1.165) is 41.2 Å². The average Bonchev–Trinajstić information content (AvgIpc) is 2.92. The van der Waals surface area contributed by atoms with Gasteiger partial charge in [0.25, 0.3) is 0 Å². The topological polar surface area (TPSA) is 58.6 Å². The third-order valence-electron chi connectivity index (χ3n) is 6.12. The van der Waals surface area contributed by atoms with Crippen molar-refractivity contribution in [2.24, 2.45) is 0 Å². The number of urea groups is 1. The maximum Gasteiger partial charge on any atom is 0.321 e. The zero-order valence-corrected chi connectivity index (χ0v) is 23.5. The molecule has 0 aromatic heterocycles. The fourth-order valence-electron chi connectivity index (χ4n) is 4.11. The van der Waals surface area contributed by atoms with Crippen molar-refractivity contribution in [3.63, 3.8) is 0 Å². The van der Waals surface area contributed by atoms with Crippen LogP contribution in [0.4, 0.5) is 10.5 Å². The lowest BCUT2D eigenvalue weighted by atomic mass is 10.1. The minimum absolute atomic E-state index is 0.0663. The second-order valence-corrected chi connectivity index (χ2v) is 10.5. The third-order valence-corrected chi connectivity index (χ3v) is 7.10. The van der Waals surface area contributed by atoms with Gasteiger partial charge in [-0.1, -0.05) is 93.8 Å². The number of unbranched alkanes of at least 4 members (excludes halogenated alkanes) is 4. The van der Waals surface area contributed by atoms with Crippen LogP contribution in [0.5, 0.6) is 5.75 Å². The number of hydrogen-bond donors (Lipinski definition) is 1. The summed E-state index contributed by atoms with van der Waals surface area (Å²) in [7, 11) is 0. The molecule has 5 nitrogen and oxygen atoms in total. The molecule has 0 radical (unpaired) electrons. The predicted molar refractivity (Wildman–Crippen MR) is 157 cm³/mol. The predicted octanol–water partition coefficient (Wildman–Crippen LogP) is 8.27. The van der Waals surface area contributed by atoms with Crippen LogP contribution in [-0.2, 0) is 11.2 Å². The maximum atomic E-state index is 13.3. The van der Waals surface area contributed by atoms with Crippen molar-refractivity contribution in [1.29, 1.82) is 0 Å². The van der Waals surface area contributed by atoms with Gasteiger partial charge < -0.3 is 10.1 Å². The maximum absolute atomic E-state index is 13.3. The second kappa shape index (κ2) is 16.6. The molecule has 38 heavy (non-hydrogen) atoms. The highest BCUT2D eigenvalue weighted by atomic mass is 32.2. The number of carbonyl (C=O) groups is 2. The molecule has 0 aliphatic rings. The summed E-state index contributed by atoms with van der Waals surface area (Å²) in [6.45, 7) is 5.43. The van der Waals surface area contributed by atoms with E-state index < -0.39 is 0 Å². The Bertz CT molecular complexity index is 1140. The van der Waals surface area contributed by atoms with Crippen molar-refractivity contribution >= 4 is 29.4 Å². The van der Waals surface area contributed by atoms with Crippen LogP contribution in [0.25, 0.3) is 0 Å². The fraction of sp³-hybridized carbons (Fsp3) is 0.375. The molecule has 0 saturated heterocycles. The van der Waals surface area contributed by atoms with Gasteiger partial charge in [0.1, 0.15) is 5.75 Å². The number of ether oxygens (including phenoxy) is 1. The summed E-state index contributed by atoms with van der Waals surface area (Å²) in [6.07, 6.45) is 7.65. The molecule has 0 atom stereocenters. The number of carbonyl (C=O) groups excluding carboxylic acids is 2. The lowest BCUT2D eigenvalue weighted by Gasteiger charge is -2.24. The summed E-state index contributed by atoms with van der Waals surface area (Å²) < 4.78 is 5.45. The van der Waals surface area contributed by atoms with Gasteiger partial charge in [-0.2, -0.15) is 0 Å². The number of nitrogens with one attached hydrogen (secondary N) is 1. The molecule has 0 aliphatic carbocycles. The normalized spacial score (nSPS) is 10.7. The minimum Gasteiger partial charge on any atom is -0.426 e. The van der Waals surface area contributed by atoms with Crippen LogP contribution < -0.4 is 15.0 Å². The van der Waals surface area contributed by atoms with Gasteiger partial charge in [0.15, 0.2) is 0 Å². The monoisotopic (exact) mass is 532 g/mol. The first-order valence-corrected chi connectivity index (χ1v) is 14.6. The zero-order chi connectivity index (χ0) is 27.0. The van der Waals surface area contributed by atoms with E-state index in [0.29, 0.717) is 25.3 Å². The van der Waals surface area contributed by atoms with Crippen molar-refractivity contribution in [2.75, 3.05) is 18.0 Å². The van der Waals surface area contributed by atoms with Crippen molar-refractivity contribution in [1.82, 2.24) is 5.32 Å². The number of rotatable bonds is 15. The molecule has 3 aromatic carbocycles. The molecule has 0 heterocycles. The summed E-state index contributed by atoms with van der Waals surface area (Å²) in [5.74, 6) is 0.334. The van der Waals surface area contributed by atoms with Crippen LogP contribution >= 0.6 is 11.8 Å². The van der Waals surface area contributed by atoms with E-state index in [1.54, 1.807) is 17.8 Å². The van der Waals surface area contributed by atoms with Crippen molar-refractivity contribution < 1.29 is 14.3 Å². The fourth-order valence-corrected chi connectivity index (χ4v) is 5.03. The van der Waals surface area contributed by atoms with Gasteiger partial charge >= 0.3 is 12.0 Å². The Kier molecular flexibility index (Phi) is 12.8. The number of hydrogen-bond acceptors (Lipinski definition) is 4. The van der Waals surface area contributed by atoms with Crippen LogP contribution in [0.3, 0.4) is 0 Å². The molecule has 0 bridgehead atoms. The molecule has 0 aliphatic heterocycles. The molecule has 0 unspecified atom stereocenters. The lowest BCUT2D eigenvalue weighted by molar-refractivity contribution is -0.134. The molecule has 0 spiro atoms. The van der Waals surface area contributed by atoms with Gasteiger partial charge in [-0.25, -0.2) is 4.79 Å². The molecule has 3 rings (SSSR count). The van der Waals surface area contributed by atoms with E-state index in [9.17, 15) is 9.59 Å². The number of esters is 1. The van der Waals surface area contributed by atoms with E-state index in [2.05, 4.69) is 30.4 Å². The Morgan fingerprint density at radius 2 is 1.55 bits per heavy atom. The van der Waals surface area contributed by atoms with E-state index in [4.69, 9.17) is 4.74 Å². The Hall–Kier alpha value is -3.25. The summed E-state index contributed by atoms with van der Waals surface area (Å²) in [5.41, 5.74) is 2.09. The van der Waals surface area contributed by atoms with E-state index >= 15 is 0 Å². The standard InChI is InChI=1S/C32H40N2O3S/c1-3-5-6-7-11-23-34(32(36)33-22-21-26-15-9-8-10-16-26)27-17-12-19-29(24-27)38-30-20-13-18-28(25-30)37-31(35)14-4-2/h8-10,12-13,15-20,24-25H,3-7,11,14,21-23H2,1-2H3,(H,33,36). The Morgan fingerprint density at radius 1 is 0.816 bits per heavy atom. The van der Waals surface area contributed by atoms with Crippen LogP contribution in [0.15, 0.2) is 88.7 Å². The quantitative estimate of drug-likeness (QED) is 0.122. The smallest absolute Gasteiger partial charge is 0.321 e. The highest BCUT2D eigenvalue weighted by Crippen LogP contribution is 2.32. The first-order chi connectivity index (χ1) is 18.6. The van der Waals surface area contributed by atoms with E-state index in [1.165, 1.54) is 24.8 Å². The SMILES string of the molecule is CCCCCCCN(C(=O)NCCc1ccccc1)c1cccc(Sc2cccc(OC(=O)CCC)c2)c1. The molecule has 202 valence electrons. The van der Waals surface area contributed by atoms with E-state index in [1.807, 2.05) is 66.4 Å². The van der Waals surface area contributed by atoms with E-state index in [-0.39, 0.29) is 12.0 Å². The summed E-state index contributed by atoms with van der Waals surface area (Å²) in [6, 6.07) is 25.8. The molecular weight excluding hydrogens is 492 g/mol. The van der Waals surface area contributed by atoms with Crippen molar-refractivity contribution in [2.45, 2.75) is 75.0 Å². The van der Waals surface area contributed by atoms with Crippen LogP contribution in [0.2, 0.25) is 0 Å². The first kappa shape index (κ1) is 29.3. The van der Waals surface area contributed by atoms with Crippen molar-refractivity contribution in [3.8, 4) is 5.75 Å². The molecule has 2 amide bonds. The molecular formula is C32H40N2O3S. The van der Waals surface area contributed by atoms with Gasteiger partial charge in [0, 0.05) is 35.0 Å². The number of nitrogens with zero attached hydrogens (tertiary/aromatic N) is 1. The zero-order valence-electron chi connectivity index (χ0n) is 22.7. The Labute approximate surface area is 232 Å². The van der Waals surface area contributed by atoms with Gasteiger partial charge in [0.05, 0.1) is 0 Å². The minimum atomic E-state index is -0.218. The first-order valence-electron chi connectivity index (χ1n) is 13.8. The Morgan fingerprint density at radius 3 is 2.32 bits per heavy atom. The summed E-state index contributed by atoms with van der Waals surface area (Å²) in [5, 5.41) is 3.12. The number of benzene rings is 3. The summed E-state index contributed by atoms with van der Waals surface area (Å²) in [4.78, 5) is 29.0. The lowest BCUT2D eigenvalue weighted by Crippen LogP contribution is -2.41. The van der Waals surface area contributed by atoms with Gasteiger partial charge in [0.2, 0.25) is 0 Å². The largest absolute Gasteiger partial charge is 0.426 e. The molecule has 6 heteroatoms. The van der Waals surface area contributed by atoms with Crippen LogP contribution in [0.1, 0.15) is 64.4 Å². The van der Waals surface area contributed by atoms with Crippen molar-refractivity contribution in [3.05, 3.63) is 84.4 Å². The molecule has 0 fully saturated rings.